The Hall–Kier alpha value is -4.12. The lowest BCUT2D eigenvalue weighted by atomic mass is 9.99. The molecule has 0 aliphatic carbocycles. The van der Waals surface area contributed by atoms with Crippen molar-refractivity contribution < 1.29 is 14.3 Å². The van der Waals surface area contributed by atoms with Crippen molar-refractivity contribution >= 4 is 22.6 Å². The van der Waals surface area contributed by atoms with Crippen LogP contribution in [0.15, 0.2) is 97.1 Å². The van der Waals surface area contributed by atoms with Crippen molar-refractivity contribution in [1.82, 2.24) is 10.2 Å². The molecule has 0 unspecified atom stereocenters. The molecule has 4 aromatic carbocycles. The van der Waals surface area contributed by atoms with Crippen LogP contribution in [0, 0.1) is 0 Å². The lowest BCUT2D eigenvalue weighted by Gasteiger charge is -2.32. The topological polar surface area (TPSA) is 58.6 Å². The molecule has 1 N–H and O–H groups in total. The summed E-state index contributed by atoms with van der Waals surface area (Å²) in [4.78, 5) is 29.5. The van der Waals surface area contributed by atoms with E-state index in [1.54, 1.807) is 12.0 Å². The number of rotatable bonds is 12. The van der Waals surface area contributed by atoms with Crippen molar-refractivity contribution in [3.8, 4) is 5.75 Å². The average Bonchev–Trinajstić information content (AvgIpc) is 2.98. The maximum atomic E-state index is 14.0. The third-order valence-electron chi connectivity index (χ3n) is 7.25. The SMILES string of the molecule is CC[C@@H](C)NC(=O)[C@@H](Cc1ccccc1)N(Cc1cccc(OC)c1)C(=O)CCc1cccc2ccccc12. The molecule has 0 aromatic heterocycles. The Kier molecular flexibility index (Phi) is 9.74. The van der Waals surface area contributed by atoms with Gasteiger partial charge in [0.25, 0.3) is 0 Å². The van der Waals surface area contributed by atoms with Crippen LogP contribution in [-0.4, -0.2) is 35.9 Å². The van der Waals surface area contributed by atoms with Gasteiger partial charge in [-0.05, 0) is 59.4 Å². The van der Waals surface area contributed by atoms with Gasteiger partial charge in [-0.1, -0.05) is 91.9 Å². The van der Waals surface area contributed by atoms with Crippen molar-refractivity contribution in [2.24, 2.45) is 0 Å². The van der Waals surface area contributed by atoms with Crippen molar-refractivity contribution in [3.05, 3.63) is 114 Å². The van der Waals surface area contributed by atoms with Crippen LogP contribution < -0.4 is 10.1 Å². The lowest BCUT2D eigenvalue weighted by molar-refractivity contribution is -0.141. The van der Waals surface area contributed by atoms with Crippen LogP contribution >= 0.6 is 0 Å². The van der Waals surface area contributed by atoms with E-state index in [0.29, 0.717) is 25.8 Å². The Balaban J connectivity index is 1.66. The summed E-state index contributed by atoms with van der Waals surface area (Å²) in [6.45, 7) is 4.35. The van der Waals surface area contributed by atoms with E-state index in [0.717, 1.165) is 39.6 Å². The summed E-state index contributed by atoms with van der Waals surface area (Å²) in [6.07, 6.45) is 2.15. The van der Waals surface area contributed by atoms with Crippen LogP contribution in [0.3, 0.4) is 0 Å². The van der Waals surface area contributed by atoms with Gasteiger partial charge in [-0.25, -0.2) is 0 Å². The van der Waals surface area contributed by atoms with Crippen molar-refractivity contribution in [3.63, 3.8) is 0 Å². The average molecular weight is 523 g/mol. The first kappa shape index (κ1) is 27.9. The molecule has 5 nitrogen and oxygen atoms in total. The van der Waals surface area contributed by atoms with E-state index >= 15 is 0 Å². The molecular weight excluding hydrogens is 484 g/mol. The fraction of sp³-hybridized carbons (Fsp3) is 0.294. The molecule has 0 aliphatic rings. The highest BCUT2D eigenvalue weighted by Crippen LogP contribution is 2.23. The summed E-state index contributed by atoms with van der Waals surface area (Å²) in [5.74, 6) is 0.542. The van der Waals surface area contributed by atoms with E-state index in [4.69, 9.17) is 4.74 Å². The largest absolute Gasteiger partial charge is 0.497 e. The minimum absolute atomic E-state index is 0.0141. The first-order valence-corrected chi connectivity index (χ1v) is 13.7. The van der Waals surface area contributed by atoms with Crippen LogP contribution in [0.5, 0.6) is 5.75 Å². The monoisotopic (exact) mass is 522 g/mol. The van der Waals surface area contributed by atoms with Gasteiger partial charge >= 0.3 is 0 Å². The molecule has 39 heavy (non-hydrogen) atoms. The van der Waals surface area contributed by atoms with Gasteiger partial charge in [-0.2, -0.15) is 0 Å². The normalized spacial score (nSPS) is 12.5. The number of carbonyl (C=O) groups excluding carboxylic acids is 2. The number of ether oxygens (including phenoxy) is 1. The van der Waals surface area contributed by atoms with E-state index in [-0.39, 0.29) is 17.9 Å². The Morgan fingerprint density at radius 3 is 2.33 bits per heavy atom. The molecule has 0 spiro atoms. The Labute approximate surface area is 231 Å². The van der Waals surface area contributed by atoms with Gasteiger partial charge in [0.15, 0.2) is 0 Å². The summed E-state index contributed by atoms with van der Waals surface area (Å²) in [6, 6.07) is 31.4. The van der Waals surface area contributed by atoms with Crippen LogP contribution in [0.1, 0.15) is 43.4 Å². The number of benzene rings is 4. The van der Waals surface area contributed by atoms with Crippen LogP contribution in [0.2, 0.25) is 0 Å². The van der Waals surface area contributed by atoms with Crippen molar-refractivity contribution in [1.29, 1.82) is 0 Å². The Morgan fingerprint density at radius 1 is 0.872 bits per heavy atom. The van der Waals surface area contributed by atoms with Crippen molar-refractivity contribution in [2.75, 3.05) is 7.11 Å². The Bertz CT molecular complexity index is 1380. The van der Waals surface area contributed by atoms with E-state index in [1.165, 1.54) is 0 Å². The number of nitrogens with one attached hydrogen (secondary N) is 1. The molecule has 2 atom stereocenters. The van der Waals surface area contributed by atoms with E-state index in [2.05, 4.69) is 29.6 Å². The molecule has 0 bridgehead atoms. The predicted octanol–water partition coefficient (Wildman–Crippen LogP) is 6.34. The summed E-state index contributed by atoms with van der Waals surface area (Å²) in [5, 5.41) is 5.45. The van der Waals surface area contributed by atoms with Gasteiger partial charge in [0.05, 0.1) is 7.11 Å². The molecule has 0 heterocycles. The highest BCUT2D eigenvalue weighted by molar-refractivity contribution is 5.89. The molecule has 0 aliphatic heterocycles. The number of nitrogens with zero attached hydrogens (tertiary/aromatic N) is 1. The number of fused-ring (bicyclic) bond motifs is 1. The number of hydrogen-bond donors (Lipinski definition) is 1. The molecule has 202 valence electrons. The fourth-order valence-corrected chi connectivity index (χ4v) is 4.86. The number of methoxy groups -OCH3 is 1. The second-order valence-electron chi connectivity index (χ2n) is 10.0. The molecule has 5 heteroatoms. The molecule has 2 amide bonds. The molecule has 0 fully saturated rings. The van der Waals surface area contributed by atoms with Gasteiger partial charge in [-0.3, -0.25) is 9.59 Å². The number of hydrogen-bond acceptors (Lipinski definition) is 3. The molecule has 4 aromatic rings. The van der Waals surface area contributed by atoms with Gasteiger partial charge in [-0.15, -0.1) is 0 Å². The summed E-state index contributed by atoms with van der Waals surface area (Å²) in [7, 11) is 1.63. The second-order valence-corrected chi connectivity index (χ2v) is 10.0. The summed E-state index contributed by atoms with van der Waals surface area (Å²) >= 11 is 0. The zero-order valence-corrected chi connectivity index (χ0v) is 23.1. The second kappa shape index (κ2) is 13.6. The van der Waals surface area contributed by atoms with Gasteiger partial charge in [0.1, 0.15) is 11.8 Å². The minimum atomic E-state index is -0.646. The molecule has 4 rings (SSSR count). The smallest absolute Gasteiger partial charge is 0.243 e. The molecule has 0 radical (unpaired) electrons. The summed E-state index contributed by atoms with van der Waals surface area (Å²) in [5.41, 5.74) is 3.06. The zero-order chi connectivity index (χ0) is 27.6. The highest BCUT2D eigenvalue weighted by atomic mass is 16.5. The van der Waals surface area contributed by atoms with Gasteiger partial charge < -0.3 is 15.0 Å². The van der Waals surface area contributed by atoms with Crippen LogP contribution in [0.25, 0.3) is 10.8 Å². The number of amides is 2. The van der Waals surface area contributed by atoms with E-state index in [1.807, 2.05) is 86.6 Å². The summed E-state index contributed by atoms with van der Waals surface area (Å²) < 4.78 is 5.43. The first-order chi connectivity index (χ1) is 19.0. The number of carbonyl (C=O) groups is 2. The van der Waals surface area contributed by atoms with Gasteiger partial charge in [0, 0.05) is 25.4 Å². The fourth-order valence-electron chi connectivity index (χ4n) is 4.86. The quantitative estimate of drug-likeness (QED) is 0.236. The lowest BCUT2D eigenvalue weighted by Crippen LogP contribution is -2.52. The molecule has 0 saturated heterocycles. The maximum Gasteiger partial charge on any atom is 0.243 e. The first-order valence-electron chi connectivity index (χ1n) is 13.7. The predicted molar refractivity (Wildman–Crippen MR) is 158 cm³/mol. The standard InChI is InChI=1S/C34H38N2O3/c1-4-25(2)35-34(38)32(23-26-12-6-5-7-13-26)36(24-27-14-10-18-30(22-27)39-3)33(37)21-20-29-17-11-16-28-15-8-9-19-31(28)29/h5-19,22,25,32H,4,20-21,23-24H2,1-3H3,(H,35,38)/t25-,32-/m1/s1. The minimum Gasteiger partial charge on any atom is -0.497 e. The molecule has 0 saturated carbocycles. The van der Waals surface area contributed by atoms with Crippen molar-refractivity contribution in [2.45, 2.75) is 58.2 Å². The number of aryl methyl sites for hydroxylation is 1. The third kappa shape index (κ3) is 7.47. The Morgan fingerprint density at radius 2 is 1.56 bits per heavy atom. The zero-order valence-electron chi connectivity index (χ0n) is 23.1. The highest BCUT2D eigenvalue weighted by Gasteiger charge is 2.31. The third-order valence-corrected chi connectivity index (χ3v) is 7.25. The van der Waals surface area contributed by atoms with Crippen LogP contribution in [0.4, 0.5) is 0 Å². The maximum absolute atomic E-state index is 14.0. The van der Waals surface area contributed by atoms with E-state index in [9.17, 15) is 9.59 Å². The molecular formula is C34H38N2O3. The van der Waals surface area contributed by atoms with Crippen LogP contribution in [-0.2, 0) is 29.0 Å². The van der Waals surface area contributed by atoms with E-state index < -0.39 is 6.04 Å². The van der Waals surface area contributed by atoms with Gasteiger partial charge in [0.2, 0.25) is 11.8 Å².